The first-order chi connectivity index (χ1) is 10.9. The molecule has 0 saturated carbocycles. The van der Waals surface area contributed by atoms with Crippen LogP contribution in [0.5, 0.6) is 0 Å². The minimum Gasteiger partial charge on any atom is -0.364 e. The van der Waals surface area contributed by atoms with E-state index in [0.717, 1.165) is 17.5 Å². The van der Waals surface area contributed by atoms with E-state index in [-0.39, 0.29) is 11.4 Å². The zero-order chi connectivity index (χ0) is 16.6. The number of sulfonamides is 1. The third kappa shape index (κ3) is 2.81. The Morgan fingerprint density at radius 1 is 1.35 bits per heavy atom. The predicted octanol–water partition coefficient (Wildman–Crippen LogP) is 1.03. The fourth-order valence-corrected chi connectivity index (χ4v) is 3.93. The molecular formula is C15H18N4O3S. The first kappa shape index (κ1) is 15.5. The molecule has 0 unspecified atom stereocenters. The van der Waals surface area contributed by atoms with Crippen LogP contribution in [0.4, 0.5) is 0 Å². The summed E-state index contributed by atoms with van der Waals surface area (Å²) in [4.78, 5) is 15.3. The summed E-state index contributed by atoms with van der Waals surface area (Å²) in [6, 6.07) is 7.68. The van der Waals surface area contributed by atoms with E-state index in [1.54, 1.807) is 6.92 Å². The smallest absolute Gasteiger partial charge is 0.269 e. The van der Waals surface area contributed by atoms with Crippen molar-refractivity contribution in [2.45, 2.75) is 26.2 Å². The van der Waals surface area contributed by atoms with E-state index in [4.69, 9.17) is 5.73 Å². The molecule has 3 N–H and O–H groups in total. The van der Waals surface area contributed by atoms with Crippen molar-refractivity contribution in [2.75, 3.05) is 10.6 Å². The maximum Gasteiger partial charge on any atom is 0.269 e. The molecule has 1 heterocycles. The number of fused-ring (bicyclic) bond motifs is 3. The van der Waals surface area contributed by atoms with Gasteiger partial charge in [-0.25, -0.2) is 13.2 Å². The van der Waals surface area contributed by atoms with Crippen molar-refractivity contribution < 1.29 is 13.2 Å². The van der Waals surface area contributed by atoms with Gasteiger partial charge in [-0.1, -0.05) is 31.2 Å². The normalized spacial score (nSPS) is 13.3. The summed E-state index contributed by atoms with van der Waals surface area (Å²) >= 11 is 0. The van der Waals surface area contributed by atoms with E-state index < -0.39 is 15.9 Å². The number of nitrogens with one attached hydrogen (secondary N) is 1. The van der Waals surface area contributed by atoms with Gasteiger partial charge < -0.3 is 5.73 Å². The quantitative estimate of drug-likeness (QED) is 0.851. The first-order valence-corrected chi connectivity index (χ1v) is 9.08. The molecule has 8 heteroatoms. The van der Waals surface area contributed by atoms with Crippen LogP contribution in [0.3, 0.4) is 0 Å². The van der Waals surface area contributed by atoms with Gasteiger partial charge in [0.1, 0.15) is 0 Å². The highest BCUT2D eigenvalue weighted by Gasteiger charge is 2.28. The van der Waals surface area contributed by atoms with E-state index >= 15 is 0 Å². The highest BCUT2D eigenvalue weighted by Crippen LogP contribution is 2.34. The van der Waals surface area contributed by atoms with Gasteiger partial charge in [0.05, 0.1) is 11.4 Å². The summed E-state index contributed by atoms with van der Waals surface area (Å²) in [7, 11) is -3.53. The molecule has 2 aromatic rings. The van der Waals surface area contributed by atoms with Crippen molar-refractivity contribution in [1.82, 2.24) is 9.89 Å². The van der Waals surface area contributed by atoms with Crippen LogP contribution in [-0.2, 0) is 22.9 Å². The standard InChI is InChI=1S/C15H18N4O3S/c1-2-9-23(21,22)18-19-14-11-6-4-3-5-10(11)7-8-12(14)13(17-19)15(16)20/h3-6,18H,2,7-9H2,1H3,(H2,16,20). The average Bonchev–Trinajstić information content (AvgIpc) is 2.86. The number of aryl methyl sites for hydroxylation is 1. The lowest BCUT2D eigenvalue weighted by atomic mass is 9.89. The van der Waals surface area contributed by atoms with Crippen LogP contribution >= 0.6 is 0 Å². The van der Waals surface area contributed by atoms with Gasteiger partial charge >= 0.3 is 0 Å². The van der Waals surface area contributed by atoms with E-state index in [9.17, 15) is 13.2 Å². The molecule has 0 saturated heterocycles. The molecule has 0 bridgehead atoms. The number of nitrogens with zero attached hydrogens (tertiary/aromatic N) is 2. The largest absolute Gasteiger partial charge is 0.364 e. The Labute approximate surface area is 134 Å². The van der Waals surface area contributed by atoms with Crippen molar-refractivity contribution in [2.24, 2.45) is 5.73 Å². The lowest BCUT2D eigenvalue weighted by Crippen LogP contribution is -2.28. The Kier molecular flexibility index (Phi) is 3.85. The maximum atomic E-state index is 12.1. The van der Waals surface area contributed by atoms with Crippen molar-refractivity contribution in [3.05, 3.63) is 41.1 Å². The van der Waals surface area contributed by atoms with Crippen LogP contribution in [0.2, 0.25) is 0 Å². The number of carbonyl (C=O) groups is 1. The topological polar surface area (TPSA) is 107 Å². The van der Waals surface area contributed by atoms with Crippen LogP contribution in [0.1, 0.15) is 35.0 Å². The minimum absolute atomic E-state index is 0.0187. The SMILES string of the molecule is CCCS(=O)(=O)Nn1nc(C(N)=O)c2c1-c1ccccc1CC2. The maximum absolute atomic E-state index is 12.1. The molecule has 1 aromatic heterocycles. The molecule has 3 rings (SSSR count). The van der Waals surface area contributed by atoms with Gasteiger partial charge in [-0.05, 0) is 24.8 Å². The van der Waals surface area contributed by atoms with Crippen LogP contribution < -0.4 is 10.6 Å². The monoisotopic (exact) mass is 334 g/mol. The number of hydrogen-bond donors (Lipinski definition) is 2. The summed E-state index contributed by atoms with van der Waals surface area (Å²) < 4.78 is 24.2. The zero-order valence-electron chi connectivity index (χ0n) is 12.7. The molecule has 1 aliphatic carbocycles. The molecule has 0 spiro atoms. The van der Waals surface area contributed by atoms with E-state index in [1.807, 2.05) is 24.3 Å². The van der Waals surface area contributed by atoms with Gasteiger partial charge in [-0.3, -0.25) is 4.79 Å². The summed E-state index contributed by atoms with van der Waals surface area (Å²) in [6.07, 6.45) is 1.84. The number of benzene rings is 1. The van der Waals surface area contributed by atoms with Crippen molar-refractivity contribution in [3.8, 4) is 11.3 Å². The number of amides is 1. The highest BCUT2D eigenvalue weighted by molar-refractivity contribution is 7.92. The van der Waals surface area contributed by atoms with Crippen molar-refractivity contribution >= 4 is 15.9 Å². The molecule has 0 atom stereocenters. The van der Waals surface area contributed by atoms with Crippen LogP contribution in [0.25, 0.3) is 11.3 Å². The van der Waals surface area contributed by atoms with Gasteiger partial charge in [-0.2, -0.15) is 4.79 Å². The first-order valence-electron chi connectivity index (χ1n) is 7.43. The number of nitrogens with two attached hydrogens (primary N) is 1. The molecule has 7 nitrogen and oxygen atoms in total. The van der Waals surface area contributed by atoms with Gasteiger partial charge in [0.25, 0.3) is 5.91 Å². The molecule has 23 heavy (non-hydrogen) atoms. The minimum atomic E-state index is -3.53. The third-order valence-electron chi connectivity index (χ3n) is 3.83. The second kappa shape index (κ2) is 5.69. The lowest BCUT2D eigenvalue weighted by molar-refractivity contribution is 0.0994. The number of aromatic nitrogens is 2. The number of rotatable bonds is 5. The average molecular weight is 334 g/mol. The van der Waals surface area contributed by atoms with Gasteiger partial charge in [0, 0.05) is 11.1 Å². The second-order valence-electron chi connectivity index (χ2n) is 5.52. The summed E-state index contributed by atoms with van der Waals surface area (Å²) in [6.45, 7) is 1.78. The van der Waals surface area contributed by atoms with Crippen LogP contribution in [0.15, 0.2) is 24.3 Å². The number of primary amides is 1. The molecule has 122 valence electrons. The number of carbonyl (C=O) groups excluding carboxylic acids is 1. The number of hydrogen-bond acceptors (Lipinski definition) is 4. The summed E-state index contributed by atoms with van der Waals surface area (Å²) in [5, 5.41) is 4.11. The second-order valence-corrected chi connectivity index (χ2v) is 7.34. The van der Waals surface area contributed by atoms with E-state index in [1.165, 1.54) is 4.79 Å². The molecule has 1 amide bonds. The Morgan fingerprint density at radius 2 is 2.09 bits per heavy atom. The Bertz CT molecular complexity index is 871. The predicted molar refractivity (Wildman–Crippen MR) is 87.0 cm³/mol. The highest BCUT2D eigenvalue weighted by atomic mass is 32.2. The third-order valence-corrected chi connectivity index (χ3v) is 5.23. The fourth-order valence-electron chi connectivity index (χ4n) is 2.90. The van der Waals surface area contributed by atoms with Crippen LogP contribution in [0, 0.1) is 0 Å². The Balaban J connectivity index is 2.17. The Hall–Kier alpha value is -2.35. The zero-order valence-corrected chi connectivity index (χ0v) is 13.6. The van der Waals surface area contributed by atoms with Crippen molar-refractivity contribution in [3.63, 3.8) is 0 Å². The van der Waals surface area contributed by atoms with Gasteiger partial charge in [0.15, 0.2) is 5.69 Å². The van der Waals surface area contributed by atoms with E-state index in [2.05, 4.69) is 9.93 Å². The molecule has 1 aromatic carbocycles. The summed E-state index contributed by atoms with van der Waals surface area (Å²) in [5.41, 5.74) is 8.77. The van der Waals surface area contributed by atoms with Gasteiger partial charge in [0.2, 0.25) is 10.0 Å². The molecule has 0 aliphatic heterocycles. The molecule has 0 fully saturated rings. The van der Waals surface area contributed by atoms with E-state index in [0.29, 0.717) is 24.1 Å². The molecular weight excluding hydrogens is 316 g/mol. The van der Waals surface area contributed by atoms with Crippen LogP contribution in [-0.4, -0.2) is 30.0 Å². The molecule has 1 aliphatic rings. The van der Waals surface area contributed by atoms with Crippen molar-refractivity contribution in [1.29, 1.82) is 0 Å². The fraction of sp³-hybridized carbons (Fsp3) is 0.333. The molecule has 0 radical (unpaired) electrons. The summed E-state index contributed by atoms with van der Waals surface area (Å²) in [5.74, 6) is -0.677. The lowest BCUT2D eigenvalue weighted by Gasteiger charge is -2.18. The Morgan fingerprint density at radius 3 is 2.78 bits per heavy atom. The van der Waals surface area contributed by atoms with Gasteiger partial charge in [-0.15, -0.1) is 5.10 Å².